The van der Waals surface area contributed by atoms with Gasteiger partial charge in [-0.15, -0.1) is 0 Å². The monoisotopic (exact) mass is 187 g/mol. The van der Waals surface area contributed by atoms with E-state index in [1.54, 1.807) is 0 Å². The molecule has 1 saturated heterocycles. The molecule has 0 aliphatic carbocycles. The van der Waals surface area contributed by atoms with Crippen LogP contribution in [-0.4, -0.2) is 39.6 Å². The first-order valence-electron chi connectivity index (χ1n) is 3.81. The minimum absolute atomic E-state index is 0.0952. The molecule has 1 aliphatic heterocycles. The summed E-state index contributed by atoms with van der Waals surface area (Å²) in [6.45, 7) is 0.0952. The van der Waals surface area contributed by atoms with E-state index >= 15 is 0 Å². The fourth-order valence-corrected chi connectivity index (χ4v) is 1.29. The van der Waals surface area contributed by atoms with Crippen molar-refractivity contribution < 1.29 is 24.6 Å². The number of amides is 2. The maximum atomic E-state index is 11.2. The zero-order chi connectivity index (χ0) is 10.0. The van der Waals surface area contributed by atoms with Gasteiger partial charge >= 0.3 is 12.1 Å². The summed E-state index contributed by atoms with van der Waals surface area (Å²) in [4.78, 5) is 32.7. The fraction of sp³-hybridized carbons (Fsp3) is 0.571. The van der Waals surface area contributed by atoms with Crippen LogP contribution in [0.3, 0.4) is 0 Å². The lowest BCUT2D eigenvalue weighted by Gasteiger charge is -2.25. The molecule has 1 rings (SSSR count). The summed E-state index contributed by atoms with van der Waals surface area (Å²) in [6.07, 6.45) is -0.747. The zero-order valence-corrected chi connectivity index (χ0v) is 6.77. The second-order valence-electron chi connectivity index (χ2n) is 2.81. The van der Waals surface area contributed by atoms with E-state index in [2.05, 4.69) is 0 Å². The van der Waals surface area contributed by atoms with Crippen LogP contribution < -0.4 is 0 Å². The number of rotatable bonds is 1. The normalized spacial score (nSPS) is 22.9. The van der Waals surface area contributed by atoms with Crippen LogP contribution in [-0.2, 0) is 9.59 Å². The lowest BCUT2D eigenvalue weighted by molar-refractivity contribution is -0.152. The summed E-state index contributed by atoms with van der Waals surface area (Å²) in [7, 11) is 0. The molecule has 1 unspecified atom stereocenters. The minimum atomic E-state index is -1.38. The van der Waals surface area contributed by atoms with Crippen LogP contribution in [0.1, 0.15) is 12.8 Å². The molecular weight excluding hydrogens is 178 g/mol. The Labute approximate surface area is 73.8 Å². The number of aliphatic carboxylic acids is 1. The third kappa shape index (κ3) is 1.77. The number of carbonyl (C=O) groups is 3. The number of nitrogens with zero attached hydrogens (tertiary/aromatic N) is 1. The molecule has 1 aliphatic rings. The van der Waals surface area contributed by atoms with Gasteiger partial charge in [-0.25, -0.2) is 9.69 Å². The molecule has 0 aromatic carbocycles. The first-order chi connectivity index (χ1) is 6.04. The third-order valence-electron chi connectivity index (χ3n) is 1.97. The molecule has 0 radical (unpaired) electrons. The number of piperidine rings is 1. The number of carbonyl (C=O) groups excluding carboxylic acids is 1. The molecule has 1 fully saturated rings. The van der Waals surface area contributed by atoms with Crippen LogP contribution >= 0.6 is 0 Å². The highest BCUT2D eigenvalue weighted by Crippen LogP contribution is 2.18. The molecule has 6 nitrogen and oxygen atoms in total. The second-order valence-corrected chi connectivity index (χ2v) is 2.81. The molecule has 0 bridgehead atoms. The maximum absolute atomic E-state index is 11.2. The summed E-state index contributed by atoms with van der Waals surface area (Å²) >= 11 is 0. The summed E-state index contributed by atoms with van der Waals surface area (Å²) in [5, 5.41) is 17.1. The van der Waals surface area contributed by atoms with Crippen molar-refractivity contribution >= 4 is 18.0 Å². The van der Waals surface area contributed by atoms with Gasteiger partial charge in [-0.05, 0) is 12.8 Å². The minimum Gasteiger partial charge on any atom is -0.481 e. The first kappa shape index (κ1) is 9.50. The molecule has 0 aromatic rings. The largest absolute Gasteiger partial charge is 0.481 e. The number of imide groups is 1. The van der Waals surface area contributed by atoms with Crippen molar-refractivity contribution in [2.75, 3.05) is 6.54 Å². The zero-order valence-electron chi connectivity index (χ0n) is 6.77. The lowest BCUT2D eigenvalue weighted by Crippen LogP contribution is -2.46. The molecule has 2 N–H and O–H groups in total. The summed E-state index contributed by atoms with van der Waals surface area (Å²) < 4.78 is 0. The number of hydrogen-bond acceptors (Lipinski definition) is 3. The average molecular weight is 187 g/mol. The molecule has 6 heteroatoms. The summed E-state index contributed by atoms with van der Waals surface area (Å²) in [6, 6.07) is 0. The number of carboxylic acid groups (broad SMARTS) is 2. The van der Waals surface area contributed by atoms with E-state index in [0.29, 0.717) is 11.3 Å². The Morgan fingerprint density at radius 3 is 2.46 bits per heavy atom. The summed E-state index contributed by atoms with van der Waals surface area (Å²) in [5.74, 6) is -3.27. The molecule has 0 spiro atoms. The molecule has 0 aromatic heterocycles. The van der Waals surface area contributed by atoms with Gasteiger partial charge in [0.1, 0.15) is 5.92 Å². The number of carboxylic acids is 1. The quantitative estimate of drug-likeness (QED) is 0.563. The SMILES string of the molecule is O=C(O)C1CCCN(C(=O)O)C1=O. The van der Waals surface area contributed by atoms with Crippen molar-refractivity contribution in [2.24, 2.45) is 5.92 Å². The van der Waals surface area contributed by atoms with Crippen LogP contribution in [0.15, 0.2) is 0 Å². The predicted molar refractivity (Wildman–Crippen MR) is 40.1 cm³/mol. The van der Waals surface area contributed by atoms with E-state index in [-0.39, 0.29) is 13.0 Å². The van der Waals surface area contributed by atoms with Crippen LogP contribution in [0.4, 0.5) is 4.79 Å². The van der Waals surface area contributed by atoms with E-state index in [1.807, 2.05) is 0 Å². The first-order valence-corrected chi connectivity index (χ1v) is 3.81. The van der Waals surface area contributed by atoms with Gasteiger partial charge in [0.2, 0.25) is 5.91 Å². The highest BCUT2D eigenvalue weighted by Gasteiger charge is 2.36. The Hall–Kier alpha value is -1.59. The predicted octanol–water partition coefficient (Wildman–Crippen LogP) is -0.0124. The van der Waals surface area contributed by atoms with Gasteiger partial charge < -0.3 is 10.2 Å². The van der Waals surface area contributed by atoms with Gasteiger partial charge in [0.25, 0.3) is 0 Å². The van der Waals surface area contributed by atoms with Crippen molar-refractivity contribution in [1.82, 2.24) is 4.90 Å². The number of likely N-dealkylation sites (tertiary alicyclic amines) is 1. The molecule has 2 amide bonds. The molecule has 13 heavy (non-hydrogen) atoms. The Kier molecular flexibility index (Phi) is 2.50. The number of hydrogen-bond donors (Lipinski definition) is 2. The fourth-order valence-electron chi connectivity index (χ4n) is 1.29. The van der Waals surface area contributed by atoms with Crippen molar-refractivity contribution in [2.45, 2.75) is 12.8 Å². The molecule has 1 atom stereocenters. The Morgan fingerprint density at radius 2 is 2.00 bits per heavy atom. The molecule has 72 valence electrons. The summed E-state index contributed by atoms with van der Waals surface area (Å²) in [5.41, 5.74) is 0. The van der Waals surface area contributed by atoms with E-state index in [0.717, 1.165) is 0 Å². The van der Waals surface area contributed by atoms with E-state index in [4.69, 9.17) is 10.2 Å². The van der Waals surface area contributed by atoms with Crippen LogP contribution in [0, 0.1) is 5.92 Å². The second kappa shape index (κ2) is 3.42. The van der Waals surface area contributed by atoms with Crippen LogP contribution in [0.25, 0.3) is 0 Å². The lowest BCUT2D eigenvalue weighted by atomic mass is 9.98. The van der Waals surface area contributed by atoms with Gasteiger partial charge in [0, 0.05) is 6.54 Å². The molecular formula is C7H9NO5. The Bertz CT molecular complexity index is 238. The topological polar surface area (TPSA) is 94.9 Å². The van der Waals surface area contributed by atoms with Gasteiger partial charge in [0.15, 0.2) is 0 Å². The van der Waals surface area contributed by atoms with Gasteiger partial charge in [-0.3, -0.25) is 9.59 Å². The van der Waals surface area contributed by atoms with E-state index in [9.17, 15) is 14.4 Å². The van der Waals surface area contributed by atoms with Crippen LogP contribution in [0.2, 0.25) is 0 Å². The molecule has 1 heterocycles. The van der Waals surface area contributed by atoms with E-state index < -0.39 is 23.9 Å². The standard InChI is InChI=1S/C7H9NO5/c9-5-4(6(10)11)2-1-3-8(5)7(12)13/h4H,1-3H2,(H,10,11)(H,12,13). The van der Waals surface area contributed by atoms with Gasteiger partial charge in [-0.1, -0.05) is 0 Å². The smallest absolute Gasteiger partial charge is 0.414 e. The van der Waals surface area contributed by atoms with Crippen molar-refractivity contribution in [3.05, 3.63) is 0 Å². The van der Waals surface area contributed by atoms with Crippen molar-refractivity contribution in [3.8, 4) is 0 Å². The highest BCUT2D eigenvalue weighted by molar-refractivity contribution is 6.03. The Morgan fingerprint density at radius 1 is 1.38 bits per heavy atom. The van der Waals surface area contributed by atoms with E-state index in [1.165, 1.54) is 0 Å². The Balaban J connectivity index is 2.77. The van der Waals surface area contributed by atoms with Gasteiger partial charge in [-0.2, -0.15) is 0 Å². The highest BCUT2D eigenvalue weighted by atomic mass is 16.4. The van der Waals surface area contributed by atoms with Crippen molar-refractivity contribution in [3.63, 3.8) is 0 Å². The maximum Gasteiger partial charge on any atom is 0.414 e. The average Bonchev–Trinajstić information content (AvgIpc) is 2.03. The van der Waals surface area contributed by atoms with Gasteiger partial charge in [0.05, 0.1) is 0 Å². The third-order valence-corrected chi connectivity index (χ3v) is 1.97. The van der Waals surface area contributed by atoms with Crippen molar-refractivity contribution in [1.29, 1.82) is 0 Å². The molecule has 0 saturated carbocycles. The van der Waals surface area contributed by atoms with Crippen LogP contribution in [0.5, 0.6) is 0 Å².